The lowest BCUT2D eigenvalue weighted by molar-refractivity contribution is -0.0548. The van der Waals surface area contributed by atoms with Crippen LogP contribution in [0, 0.1) is 5.92 Å². The Morgan fingerprint density at radius 2 is 2.26 bits per heavy atom. The molecule has 1 heterocycles. The summed E-state index contributed by atoms with van der Waals surface area (Å²) in [6.45, 7) is 3.88. The third-order valence-corrected chi connectivity index (χ3v) is 4.80. The fourth-order valence-electron chi connectivity index (χ4n) is 2.94. The van der Waals surface area contributed by atoms with Gasteiger partial charge in [0.05, 0.1) is 22.9 Å². The van der Waals surface area contributed by atoms with E-state index in [1.807, 2.05) is 10.9 Å². The number of hydrogen-bond acceptors (Lipinski definition) is 3. The van der Waals surface area contributed by atoms with Crippen molar-refractivity contribution in [3.05, 3.63) is 16.4 Å². The van der Waals surface area contributed by atoms with E-state index >= 15 is 0 Å². The predicted octanol–water partition coefficient (Wildman–Crippen LogP) is 2.60. The van der Waals surface area contributed by atoms with Gasteiger partial charge in [-0.15, -0.1) is 0 Å². The summed E-state index contributed by atoms with van der Waals surface area (Å²) in [6.07, 6.45) is 6.03. The van der Waals surface area contributed by atoms with Gasteiger partial charge in [-0.3, -0.25) is 4.68 Å². The fourth-order valence-corrected chi connectivity index (χ4v) is 3.58. The second kappa shape index (κ2) is 5.94. The lowest BCUT2D eigenvalue weighted by Gasteiger charge is -2.38. The van der Waals surface area contributed by atoms with Gasteiger partial charge in [0.1, 0.15) is 5.60 Å². The largest absolute Gasteiger partial charge is 0.383 e. The number of likely N-dealkylation sites (N-methyl/N-ethyl adjacent to an activating group) is 1. The first kappa shape index (κ1) is 15.0. The van der Waals surface area contributed by atoms with Crippen LogP contribution in [0.2, 0.25) is 0 Å². The standard InChI is InChI=1S/C14H24BrN3O/c1-11-6-4-5-7-14(11,19)13-12(15)10-16-18(13)9-8-17(2)3/h10-11,19H,4-9H2,1-3H3. The molecular weight excluding hydrogens is 306 g/mol. The quantitative estimate of drug-likeness (QED) is 0.923. The highest BCUT2D eigenvalue weighted by molar-refractivity contribution is 9.10. The van der Waals surface area contributed by atoms with Crippen LogP contribution < -0.4 is 0 Å². The third kappa shape index (κ3) is 3.03. The van der Waals surface area contributed by atoms with Gasteiger partial charge < -0.3 is 10.0 Å². The number of aromatic nitrogens is 2. The minimum Gasteiger partial charge on any atom is -0.383 e. The van der Waals surface area contributed by atoms with Crippen molar-refractivity contribution in [2.75, 3.05) is 20.6 Å². The molecule has 1 saturated carbocycles. The van der Waals surface area contributed by atoms with Crippen molar-refractivity contribution >= 4 is 15.9 Å². The van der Waals surface area contributed by atoms with Crippen LogP contribution >= 0.6 is 15.9 Å². The molecule has 1 aromatic rings. The molecule has 1 aliphatic carbocycles. The van der Waals surface area contributed by atoms with Gasteiger partial charge in [0, 0.05) is 6.54 Å². The Morgan fingerprint density at radius 1 is 1.53 bits per heavy atom. The van der Waals surface area contributed by atoms with Crippen LogP contribution in [0.15, 0.2) is 10.7 Å². The summed E-state index contributed by atoms with van der Waals surface area (Å²) < 4.78 is 2.90. The maximum Gasteiger partial charge on any atom is 0.110 e. The fraction of sp³-hybridized carbons (Fsp3) is 0.786. The Bertz CT molecular complexity index is 432. The van der Waals surface area contributed by atoms with E-state index in [1.165, 1.54) is 6.42 Å². The van der Waals surface area contributed by atoms with Crippen LogP contribution in [-0.4, -0.2) is 40.4 Å². The second-order valence-electron chi connectivity index (χ2n) is 5.94. The molecule has 0 radical (unpaired) electrons. The molecular formula is C14H24BrN3O. The molecule has 2 unspecified atom stereocenters. The molecule has 1 N–H and O–H groups in total. The number of aliphatic hydroxyl groups is 1. The van der Waals surface area contributed by atoms with E-state index < -0.39 is 5.60 Å². The van der Waals surface area contributed by atoms with Gasteiger partial charge in [0.15, 0.2) is 0 Å². The molecule has 1 aromatic heterocycles. The SMILES string of the molecule is CC1CCCCC1(O)c1c(Br)cnn1CCN(C)C. The third-order valence-electron chi connectivity index (χ3n) is 4.22. The maximum atomic E-state index is 11.1. The summed E-state index contributed by atoms with van der Waals surface area (Å²) in [5, 5.41) is 15.5. The molecule has 0 bridgehead atoms. The number of nitrogens with zero attached hydrogens (tertiary/aromatic N) is 3. The Morgan fingerprint density at radius 3 is 2.89 bits per heavy atom. The van der Waals surface area contributed by atoms with Crippen LogP contribution in [0.5, 0.6) is 0 Å². The summed E-state index contributed by atoms with van der Waals surface area (Å²) in [5.74, 6) is 0.285. The molecule has 5 heteroatoms. The second-order valence-corrected chi connectivity index (χ2v) is 6.79. The molecule has 0 spiro atoms. The van der Waals surface area contributed by atoms with E-state index in [-0.39, 0.29) is 5.92 Å². The zero-order chi connectivity index (χ0) is 14.0. The number of hydrogen-bond donors (Lipinski definition) is 1. The number of halogens is 1. The van der Waals surface area contributed by atoms with Crippen molar-refractivity contribution in [1.29, 1.82) is 0 Å². The van der Waals surface area contributed by atoms with Crippen LogP contribution in [-0.2, 0) is 12.1 Å². The molecule has 0 aliphatic heterocycles. The summed E-state index contributed by atoms with van der Waals surface area (Å²) >= 11 is 3.57. The molecule has 19 heavy (non-hydrogen) atoms. The Labute approximate surface area is 123 Å². The highest BCUT2D eigenvalue weighted by atomic mass is 79.9. The lowest BCUT2D eigenvalue weighted by atomic mass is 9.74. The normalized spacial score (nSPS) is 28.0. The van der Waals surface area contributed by atoms with Gasteiger partial charge in [0.25, 0.3) is 0 Å². The van der Waals surface area contributed by atoms with Crippen LogP contribution in [0.1, 0.15) is 38.3 Å². The van der Waals surface area contributed by atoms with Crippen molar-refractivity contribution in [3.8, 4) is 0 Å². The van der Waals surface area contributed by atoms with E-state index in [9.17, 15) is 5.11 Å². The van der Waals surface area contributed by atoms with Crippen LogP contribution in [0.4, 0.5) is 0 Å². The molecule has 108 valence electrons. The molecule has 0 saturated heterocycles. The topological polar surface area (TPSA) is 41.3 Å². The first-order valence-electron chi connectivity index (χ1n) is 7.04. The molecule has 1 fully saturated rings. The Kier molecular flexibility index (Phi) is 4.69. The Hall–Kier alpha value is -0.390. The summed E-state index contributed by atoms with van der Waals surface area (Å²) in [5.41, 5.74) is 0.224. The molecule has 0 aromatic carbocycles. The zero-order valence-corrected chi connectivity index (χ0v) is 13.7. The minimum atomic E-state index is -0.736. The van der Waals surface area contributed by atoms with E-state index in [2.05, 4.69) is 46.9 Å². The molecule has 4 nitrogen and oxygen atoms in total. The predicted molar refractivity (Wildman–Crippen MR) is 80.0 cm³/mol. The minimum absolute atomic E-state index is 0.285. The van der Waals surface area contributed by atoms with Gasteiger partial charge in [-0.1, -0.05) is 19.8 Å². The summed E-state index contributed by atoms with van der Waals surface area (Å²) in [4.78, 5) is 2.13. The molecule has 2 rings (SSSR count). The molecule has 2 atom stereocenters. The summed E-state index contributed by atoms with van der Waals surface area (Å²) in [6, 6.07) is 0. The van der Waals surface area contributed by atoms with Crippen LogP contribution in [0.3, 0.4) is 0 Å². The highest BCUT2D eigenvalue weighted by Gasteiger charge is 2.41. The zero-order valence-electron chi connectivity index (χ0n) is 12.1. The van der Waals surface area contributed by atoms with E-state index in [1.54, 1.807) is 0 Å². The van der Waals surface area contributed by atoms with Gasteiger partial charge in [0.2, 0.25) is 0 Å². The summed E-state index contributed by atoms with van der Waals surface area (Å²) in [7, 11) is 4.10. The van der Waals surface area contributed by atoms with Gasteiger partial charge >= 0.3 is 0 Å². The van der Waals surface area contributed by atoms with E-state index in [0.717, 1.165) is 42.5 Å². The smallest absolute Gasteiger partial charge is 0.110 e. The Balaban J connectivity index is 2.29. The number of rotatable bonds is 4. The van der Waals surface area contributed by atoms with E-state index in [0.29, 0.717) is 0 Å². The van der Waals surface area contributed by atoms with Gasteiger partial charge in [-0.05, 0) is 48.8 Å². The van der Waals surface area contributed by atoms with Crippen LogP contribution in [0.25, 0.3) is 0 Å². The molecule has 1 aliphatic rings. The first-order chi connectivity index (χ1) is 8.95. The van der Waals surface area contributed by atoms with Crippen molar-refractivity contribution in [2.24, 2.45) is 5.92 Å². The molecule has 0 amide bonds. The van der Waals surface area contributed by atoms with Crippen molar-refractivity contribution < 1.29 is 5.11 Å². The van der Waals surface area contributed by atoms with Crippen molar-refractivity contribution in [2.45, 2.75) is 44.8 Å². The van der Waals surface area contributed by atoms with Gasteiger partial charge in [-0.2, -0.15) is 5.10 Å². The first-order valence-corrected chi connectivity index (χ1v) is 7.83. The average Bonchev–Trinajstić information content (AvgIpc) is 2.72. The highest BCUT2D eigenvalue weighted by Crippen LogP contribution is 2.43. The maximum absolute atomic E-state index is 11.1. The average molecular weight is 330 g/mol. The van der Waals surface area contributed by atoms with Crippen molar-refractivity contribution in [1.82, 2.24) is 14.7 Å². The van der Waals surface area contributed by atoms with E-state index in [4.69, 9.17) is 0 Å². The van der Waals surface area contributed by atoms with Crippen molar-refractivity contribution in [3.63, 3.8) is 0 Å². The van der Waals surface area contributed by atoms with Gasteiger partial charge in [-0.25, -0.2) is 0 Å². The monoisotopic (exact) mass is 329 g/mol. The lowest BCUT2D eigenvalue weighted by Crippen LogP contribution is -2.39.